The number of carboxylic acid groups (broad SMARTS) is 1. The van der Waals surface area contributed by atoms with E-state index in [-0.39, 0.29) is 12.5 Å². The second kappa shape index (κ2) is 5.68. The van der Waals surface area contributed by atoms with Crippen molar-refractivity contribution in [1.82, 2.24) is 20.2 Å². The topological polar surface area (TPSA) is 90.1 Å². The van der Waals surface area contributed by atoms with Crippen LogP contribution in [0, 0.1) is 6.92 Å². The third-order valence-electron chi connectivity index (χ3n) is 3.05. The van der Waals surface area contributed by atoms with Crippen LogP contribution in [0.3, 0.4) is 0 Å². The molecule has 7 heteroatoms. The molecule has 0 fully saturated rings. The van der Waals surface area contributed by atoms with Gasteiger partial charge in [-0.25, -0.2) is 4.68 Å². The van der Waals surface area contributed by atoms with Gasteiger partial charge in [0.25, 0.3) is 0 Å². The van der Waals surface area contributed by atoms with Gasteiger partial charge in [0.2, 0.25) is 0 Å². The molecule has 20 heavy (non-hydrogen) atoms. The molecule has 0 saturated heterocycles. The van der Waals surface area contributed by atoms with Gasteiger partial charge in [-0.2, -0.15) is 0 Å². The SMILES string of the molecule is COc1cc(-c2nnnn2C(C)CC(=O)O)ccc1C. The molecule has 0 aliphatic carbocycles. The average molecular weight is 276 g/mol. The van der Waals surface area contributed by atoms with Crippen molar-refractivity contribution in [3.05, 3.63) is 23.8 Å². The summed E-state index contributed by atoms with van der Waals surface area (Å²) in [4.78, 5) is 10.8. The Morgan fingerprint density at radius 2 is 2.25 bits per heavy atom. The van der Waals surface area contributed by atoms with Crippen molar-refractivity contribution in [1.29, 1.82) is 0 Å². The number of tetrazole rings is 1. The number of benzene rings is 1. The lowest BCUT2D eigenvalue weighted by molar-refractivity contribution is -0.137. The highest BCUT2D eigenvalue weighted by Crippen LogP contribution is 2.26. The largest absolute Gasteiger partial charge is 0.496 e. The Balaban J connectivity index is 2.39. The van der Waals surface area contributed by atoms with Crippen molar-refractivity contribution in [3.8, 4) is 17.1 Å². The normalized spacial score (nSPS) is 12.2. The Morgan fingerprint density at radius 1 is 1.50 bits per heavy atom. The number of ether oxygens (including phenoxy) is 1. The monoisotopic (exact) mass is 276 g/mol. The molecule has 0 aliphatic rings. The van der Waals surface area contributed by atoms with Gasteiger partial charge in [-0.1, -0.05) is 12.1 Å². The quantitative estimate of drug-likeness (QED) is 0.893. The molecule has 0 amide bonds. The lowest BCUT2D eigenvalue weighted by Gasteiger charge is -2.12. The van der Waals surface area contributed by atoms with E-state index in [4.69, 9.17) is 9.84 Å². The van der Waals surface area contributed by atoms with Gasteiger partial charge >= 0.3 is 5.97 Å². The summed E-state index contributed by atoms with van der Waals surface area (Å²) in [6.45, 7) is 3.71. The summed E-state index contributed by atoms with van der Waals surface area (Å²) in [5.41, 5.74) is 1.79. The van der Waals surface area contributed by atoms with E-state index in [9.17, 15) is 4.79 Å². The minimum Gasteiger partial charge on any atom is -0.496 e. The average Bonchev–Trinajstić information content (AvgIpc) is 2.88. The Kier molecular flexibility index (Phi) is 3.97. The lowest BCUT2D eigenvalue weighted by atomic mass is 10.1. The number of aliphatic carboxylic acids is 1. The molecular formula is C13H16N4O3. The zero-order valence-electron chi connectivity index (χ0n) is 11.6. The van der Waals surface area contributed by atoms with Gasteiger partial charge in [-0.05, 0) is 35.9 Å². The van der Waals surface area contributed by atoms with Crippen LogP contribution in [0.5, 0.6) is 5.75 Å². The fraction of sp³-hybridized carbons (Fsp3) is 0.385. The maximum atomic E-state index is 10.8. The van der Waals surface area contributed by atoms with Gasteiger partial charge in [0.15, 0.2) is 5.82 Å². The standard InChI is InChI=1S/C13H16N4O3/c1-8-4-5-10(7-11(8)20-3)13-14-15-16-17(13)9(2)6-12(18)19/h4-5,7,9H,6H2,1-3H3,(H,18,19). The van der Waals surface area contributed by atoms with Crippen molar-refractivity contribution in [2.45, 2.75) is 26.3 Å². The maximum absolute atomic E-state index is 10.8. The summed E-state index contributed by atoms with van der Waals surface area (Å²) in [6, 6.07) is 5.30. The predicted molar refractivity (Wildman–Crippen MR) is 71.5 cm³/mol. The number of hydrogen-bond acceptors (Lipinski definition) is 5. The van der Waals surface area contributed by atoms with E-state index >= 15 is 0 Å². The first-order valence-corrected chi connectivity index (χ1v) is 6.17. The minimum absolute atomic E-state index is 0.0406. The van der Waals surface area contributed by atoms with E-state index in [0.717, 1.165) is 16.9 Å². The van der Waals surface area contributed by atoms with Gasteiger partial charge in [-0.15, -0.1) is 5.10 Å². The van der Waals surface area contributed by atoms with Crippen molar-refractivity contribution in [2.24, 2.45) is 0 Å². The molecule has 0 spiro atoms. The Morgan fingerprint density at radius 3 is 2.90 bits per heavy atom. The molecule has 1 N–H and O–H groups in total. The predicted octanol–water partition coefficient (Wildman–Crippen LogP) is 1.69. The molecule has 1 atom stereocenters. The van der Waals surface area contributed by atoms with Gasteiger partial charge in [0, 0.05) is 5.56 Å². The molecule has 1 aromatic carbocycles. The molecule has 1 aromatic heterocycles. The number of methoxy groups -OCH3 is 1. The molecule has 1 heterocycles. The minimum atomic E-state index is -0.888. The van der Waals surface area contributed by atoms with Crippen LogP contribution in [-0.2, 0) is 4.79 Å². The van der Waals surface area contributed by atoms with Crippen molar-refractivity contribution < 1.29 is 14.6 Å². The summed E-state index contributed by atoms with van der Waals surface area (Å²) >= 11 is 0. The van der Waals surface area contributed by atoms with Gasteiger partial charge in [-0.3, -0.25) is 4.79 Å². The maximum Gasteiger partial charge on any atom is 0.305 e. The molecule has 0 saturated carbocycles. The zero-order valence-corrected chi connectivity index (χ0v) is 11.6. The zero-order chi connectivity index (χ0) is 14.7. The van der Waals surface area contributed by atoms with Crippen LogP contribution < -0.4 is 4.74 Å². The van der Waals surface area contributed by atoms with Crippen LogP contribution in [0.4, 0.5) is 0 Å². The molecule has 106 valence electrons. The molecule has 0 aliphatic heterocycles. The number of rotatable bonds is 5. The molecule has 0 radical (unpaired) electrons. The van der Waals surface area contributed by atoms with Crippen molar-refractivity contribution in [2.75, 3.05) is 7.11 Å². The lowest BCUT2D eigenvalue weighted by Crippen LogP contribution is -2.13. The van der Waals surface area contributed by atoms with Crippen molar-refractivity contribution in [3.63, 3.8) is 0 Å². The van der Waals surface area contributed by atoms with Gasteiger partial charge in [0.1, 0.15) is 5.75 Å². The Hall–Kier alpha value is -2.44. The Bertz CT molecular complexity index is 624. The molecular weight excluding hydrogens is 260 g/mol. The van der Waals surface area contributed by atoms with E-state index in [2.05, 4.69) is 15.5 Å². The van der Waals surface area contributed by atoms with E-state index in [1.165, 1.54) is 4.68 Å². The van der Waals surface area contributed by atoms with Crippen LogP contribution in [0.1, 0.15) is 24.9 Å². The first-order chi connectivity index (χ1) is 9.52. The van der Waals surface area contributed by atoms with Crippen LogP contribution >= 0.6 is 0 Å². The highest BCUT2D eigenvalue weighted by molar-refractivity contribution is 5.67. The van der Waals surface area contributed by atoms with Crippen LogP contribution in [0.25, 0.3) is 11.4 Å². The summed E-state index contributed by atoms with van der Waals surface area (Å²) in [6.07, 6.45) is -0.0406. The highest BCUT2D eigenvalue weighted by atomic mass is 16.5. The first-order valence-electron chi connectivity index (χ1n) is 6.17. The van der Waals surface area contributed by atoms with Gasteiger partial charge < -0.3 is 9.84 Å². The van der Waals surface area contributed by atoms with Crippen molar-refractivity contribution >= 4 is 5.97 Å². The third-order valence-corrected chi connectivity index (χ3v) is 3.05. The number of aromatic nitrogens is 4. The van der Waals surface area contributed by atoms with Gasteiger partial charge in [0.05, 0.1) is 19.6 Å². The fourth-order valence-corrected chi connectivity index (χ4v) is 1.98. The van der Waals surface area contributed by atoms with Crippen LogP contribution in [-0.4, -0.2) is 38.4 Å². The smallest absolute Gasteiger partial charge is 0.305 e. The highest BCUT2D eigenvalue weighted by Gasteiger charge is 2.17. The Labute approximate surface area is 116 Å². The number of carboxylic acids is 1. The fourth-order valence-electron chi connectivity index (χ4n) is 1.98. The van der Waals surface area contributed by atoms with Crippen LogP contribution in [0.2, 0.25) is 0 Å². The number of carbonyl (C=O) groups is 1. The van der Waals surface area contributed by atoms with E-state index < -0.39 is 5.97 Å². The van der Waals surface area contributed by atoms with E-state index in [1.807, 2.05) is 25.1 Å². The summed E-state index contributed by atoms with van der Waals surface area (Å²) in [7, 11) is 1.60. The molecule has 0 bridgehead atoms. The summed E-state index contributed by atoms with van der Waals surface area (Å²) in [5.74, 6) is 0.375. The summed E-state index contributed by atoms with van der Waals surface area (Å²) in [5, 5.41) is 20.3. The summed E-state index contributed by atoms with van der Waals surface area (Å²) < 4.78 is 6.79. The second-order valence-corrected chi connectivity index (χ2v) is 4.58. The molecule has 1 unspecified atom stereocenters. The number of nitrogens with zero attached hydrogens (tertiary/aromatic N) is 4. The number of hydrogen-bond donors (Lipinski definition) is 1. The molecule has 2 rings (SSSR count). The van der Waals surface area contributed by atoms with Crippen LogP contribution in [0.15, 0.2) is 18.2 Å². The molecule has 7 nitrogen and oxygen atoms in total. The van der Waals surface area contributed by atoms with E-state index in [0.29, 0.717) is 5.82 Å². The molecule has 2 aromatic rings. The van der Waals surface area contributed by atoms with E-state index in [1.54, 1.807) is 14.0 Å². The second-order valence-electron chi connectivity index (χ2n) is 4.58. The number of aryl methyl sites for hydroxylation is 1. The first kappa shape index (κ1) is 14.0. The third kappa shape index (κ3) is 2.76.